The maximum Gasteiger partial charge on any atom is 0.134 e. The summed E-state index contributed by atoms with van der Waals surface area (Å²) in [6.45, 7) is 1.29. The van der Waals surface area contributed by atoms with Gasteiger partial charge in [0.15, 0.2) is 0 Å². The summed E-state index contributed by atoms with van der Waals surface area (Å²) in [5, 5.41) is 13.5. The van der Waals surface area contributed by atoms with Crippen LogP contribution < -0.4 is 15.1 Å². The largest absolute Gasteiger partial charge is 0.391 e. The lowest BCUT2D eigenvalue weighted by Gasteiger charge is -2.26. The van der Waals surface area contributed by atoms with Gasteiger partial charge >= 0.3 is 0 Å². The van der Waals surface area contributed by atoms with E-state index in [1.807, 2.05) is 31.1 Å². The number of β-amino-alcohol motifs (C(OH)–C–C–N with tert-alkyl or cyclic N) is 1. The van der Waals surface area contributed by atoms with E-state index in [0.717, 1.165) is 21.8 Å². The van der Waals surface area contributed by atoms with E-state index in [2.05, 4.69) is 41.1 Å². The van der Waals surface area contributed by atoms with Crippen LogP contribution in [0, 0.1) is 0 Å². The number of pyridine rings is 1. The Morgan fingerprint density at radius 1 is 1.42 bits per heavy atom. The fourth-order valence-corrected chi connectivity index (χ4v) is 3.24. The fraction of sp³-hybridized carbons (Fsp3) is 0.438. The zero-order chi connectivity index (χ0) is 17.1. The van der Waals surface area contributed by atoms with Crippen LogP contribution >= 0.6 is 15.9 Å². The van der Waals surface area contributed by atoms with Crippen molar-refractivity contribution in [2.75, 3.05) is 42.3 Å². The number of halogens is 1. The quantitative estimate of drug-likeness (QED) is 0.802. The van der Waals surface area contributed by atoms with Crippen LogP contribution in [0.1, 0.15) is 6.42 Å². The summed E-state index contributed by atoms with van der Waals surface area (Å²) < 4.78 is 0.923. The number of aromatic nitrogens is 3. The Bertz CT molecular complexity index is 698. The summed E-state index contributed by atoms with van der Waals surface area (Å²) in [4.78, 5) is 16.8. The van der Waals surface area contributed by atoms with Crippen LogP contribution in [-0.2, 0) is 0 Å². The average molecular weight is 393 g/mol. The van der Waals surface area contributed by atoms with E-state index >= 15 is 0 Å². The number of aliphatic hydroxyl groups is 1. The van der Waals surface area contributed by atoms with Gasteiger partial charge in [0.1, 0.15) is 18.0 Å². The molecule has 8 heteroatoms. The van der Waals surface area contributed by atoms with E-state index in [9.17, 15) is 5.11 Å². The molecule has 0 aromatic carbocycles. The zero-order valence-corrected chi connectivity index (χ0v) is 15.3. The fourth-order valence-electron chi connectivity index (χ4n) is 2.85. The van der Waals surface area contributed by atoms with Gasteiger partial charge in [0, 0.05) is 45.6 Å². The predicted molar refractivity (Wildman–Crippen MR) is 98.5 cm³/mol. The molecule has 0 radical (unpaired) electrons. The first kappa shape index (κ1) is 16.9. The van der Waals surface area contributed by atoms with Gasteiger partial charge in [-0.15, -0.1) is 0 Å². The molecule has 24 heavy (non-hydrogen) atoms. The van der Waals surface area contributed by atoms with Crippen LogP contribution in [-0.4, -0.2) is 59.4 Å². The maximum atomic E-state index is 10.1. The van der Waals surface area contributed by atoms with Crippen LogP contribution in [0.2, 0.25) is 0 Å². The highest BCUT2D eigenvalue weighted by Crippen LogP contribution is 2.27. The average Bonchev–Trinajstić information content (AvgIpc) is 2.95. The number of nitrogens with zero attached hydrogens (tertiary/aromatic N) is 5. The van der Waals surface area contributed by atoms with E-state index < -0.39 is 0 Å². The number of rotatable bonds is 5. The van der Waals surface area contributed by atoms with Gasteiger partial charge in [-0.25, -0.2) is 9.97 Å². The molecule has 1 aliphatic heterocycles. The maximum absolute atomic E-state index is 10.1. The summed E-state index contributed by atoms with van der Waals surface area (Å²) in [5.74, 6) is 1.69. The van der Waals surface area contributed by atoms with Crippen molar-refractivity contribution in [3.63, 3.8) is 0 Å². The smallest absolute Gasteiger partial charge is 0.134 e. The van der Waals surface area contributed by atoms with E-state index in [-0.39, 0.29) is 12.1 Å². The monoisotopic (exact) mass is 392 g/mol. The molecule has 3 rings (SSSR count). The molecular formula is C16H21BrN6O. The molecule has 0 aliphatic carbocycles. The third-order valence-corrected chi connectivity index (χ3v) is 4.72. The van der Waals surface area contributed by atoms with Gasteiger partial charge in [0.05, 0.1) is 22.3 Å². The van der Waals surface area contributed by atoms with Crippen LogP contribution in [0.5, 0.6) is 0 Å². The summed E-state index contributed by atoms with van der Waals surface area (Å²) in [5.41, 5.74) is 0.989. The van der Waals surface area contributed by atoms with Crippen LogP contribution in [0.4, 0.5) is 17.3 Å². The summed E-state index contributed by atoms with van der Waals surface area (Å²) in [7, 11) is 3.90. The normalized spacial score (nSPS) is 20.2. The molecule has 0 amide bonds. The van der Waals surface area contributed by atoms with Crippen LogP contribution in [0.15, 0.2) is 35.3 Å². The number of anilines is 3. The van der Waals surface area contributed by atoms with Crippen molar-refractivity contribution in [3.8, 4) is 0 Å². The first-order valence-corrected chi connectivity index (χ1v) is 8.61. The molecule has 1 saturated heterocycles. The second-order valence-electron chi connectivity index (χ2n) is 6.06. The minimum Gasteiger partial charge on any atom is -0.391 e. The number of nitrogens with one attached hydrogen (secondary N) is 1. The standard InChI is InChI=1S/C16H21BrN6O/c1-22(2)15-6-16(21-10-20-15)23-9-12(24)5-11(23)7-19-14-3-4-18-8-13(14)17/h3-4,6,8,10-12,24H,5,7,9H2,1-2H3,(H,18,19)/t11-,12-/m1/s1. The highest BCUT2D eigenvalue weighted by atomic mass is 79.9. The van der Waals surface area contributed by atoms with Crippen LogP contribution in [0.25, 0.3) is 0 Å². The topological polar surface area (TPSA) is 77.4 Å². The van der Waals surface area contributed by atoms with E-state index in [4.69, 9.17) is 0 Å². The summed E-state index contributed by atoms with van der Waals surface area (Å²) in [6, 6.07) is 4.03. The molecule has 128 valence electrons. The van der Waals surface area contributed by atoms with Crippen LogP contribution in [0.3, 0.4) is 0 Å². The minimum absolute atomic E-state index is 0.157. The molecule has 0 spiro atoms. The van der Waals surface area contributed by atoms with E-state index in [0.29, 0.717) is 19.5 Å². The summed E-state index contributed by atoms with van der Waals surface area (Å²) >= 11 is 3.49. The van der Waals surface area contributed by atoms with Crippen molar-refractivity contribution in [2.24, 2.45) is 0 Å². The highest BCUT2D eigenvalue weighted by Gasteiger charge is 2.32. The minimum atomic E-state index is -0.351. The zero-order valence-electron chi connectivity index (χ0n) is 13.7. The lowest BCUT2D eigenvalue weighted by molar-refractivity contribution is 0.194. The molecule has 7 nitrogen and oxygen atoms in total. The number of hydrogen-bond donors (Lipinski definition) is 2. The van der Waals surface area contributed by atoms with Crippen molar-refractivity contribution >= 4 is 33.3 Å². The molecule has 3 heterocycles. The Labute approximate surface area is 149 Å². The van der Waals surface area contributed by atoms with Gasteiger partial charge in [-0.05, 0) is 28.4 Å². The van der Waals surface area contributed by atoms with Crippen molar-refractivity contribution in [1.29, 1.82) is 0 Å². The molecule has 2 N–H and O–H groups in total. The number of aliphatic hydroxyl groups excluding tert-OH is 1. The molecule has 1 fully saturated rings. The van der Waals surface area contributed by atoms with Crippen molar-refractivity contribution in [2.45, 2.75) is 18.6 Å². The molecule has 1 aliphatic rings. The van der Waals surface area contributed by atoms with Gasteiger partial charge < -0.3 is 20.2 Å². The SMILES string of the molecule is CN(C)c1cc(N2C[C@H](O)C[C@@H]2CNc2ccncc2Br)ncn1. The molecular weight excluding hydrogens is 372 g/mol. The van der Waals surface area contributed by atoms with Crippen molar-refractivity contribution < 1.29 is 5.11 Å². The lowest BCUT2D eigenvalue weighted by atomic mass is 10.2. The van der Waals surface area contributed by atoms with E-state index in [1.165, 1.54) is 0 Å². The third-order valence-electron chi connectivity index (χ3n) is 4.08. The Hall–Kier alpha value is -1.93. The lowest BCUT2D eigenvalue weighted by Crippen LogP contribution is -2.35. The predicted octanol–water partition coefficient (Wildman–Crippen LogP) is 1.75. The number of hydrogen-bond acceptors (Lipinski definition) is 7. The Balaban J connectivity index is 1.75. The summed E-state index contributed by atoms with van der Waals surface area (Å²) in [6.07, 6.45) is 5.44. The van der Waals surface area contributed by atoms with Gasteiger partial charge in [-0.3, -0.25) is 4.98 Å². The van der Waals surface area contributed by atoms with Crippen molar-refractivity contribution in [1.82, 2.24) is 15.0 Å². The molecule has 2 aromatic rings. The van der Waals surface area contributed by atoms with Gasteiger partial charge in [0.25, 0.3) is 0 Å². The Morgan fingerprint density at radius 3 is 3.00 bits per heavy atom. The first-order valence-electron chi connectivity index (χ1n) is 7.82. The van der Waals surface area contributed by atoms with Gasteiger partial charge in [0.2, 0.25) is 0 Å². The third kappa shape index (κ3) is 3.76. The first-order chi connectivity index (χ1) is 11.5. The molecule has 0 bridgehead atoms. The molecule has 0 unspecified atom stereocenters. The molecule has 2 aromatic heterocycles. The Kier molecular flexibility index (Phi) is 5.15. The van der Waals surface area contributed by atoms with E-state index in [1.54, 1.807) is 18.7 Å². The second kappa shape index (κ2) is 7.31. The van der Waals surface area contributed by atoms with Crippen molar-refractivity contribution in [3.05, 3.63) is 35.3 Å². The second-order valence-corrected chi connectivity index (χ2v) is 6.92. The molecule has 0 saturated carbocycles. The highest BCUT2D eigenvalue weighted by molar-refractivity contribution is 9.10. The Morgan fingerprint density at radius 2 is 2.25 bits per heavy atom. The van der Waals surface area contributed by atoms with Gasteiger partial charge in [-0.1, -0.05) is 0 Å². The van der Waals surface area contributed by atoms with Gasteiger partial charge in [-0.2, -0.15) is 0 Å². The molecule has 2 atom stereocenters.